The predicted octanol–water partition coefficient (Wildman–Crippen LogP) is 2.17. The van der Waals surface area contributed by atoms with Crippen LogP contribution >= 0.6 is 0 Å². The second kappa shape index (κ2) is 6.78. The van der Waals surface area contributed by atoms with Crippen molar-refractivity contribution in [3.63, 3.8) is 0 Å². The first-order chi connectivity index (χ1) is 17.2. The van der Waals surface area contributed by atoms with E-state index in [1.807, 2.05) is 76.3 Å². The molecule has 0 radical (unpaired) electrons. The summed E-state index contributed by atoms with van der Waals surface area (Å²) in [5, 5.41) is 1.87. The topological polar surface area (TPSA) is 74.8 Å². The molecule has 6 nitrogen and oxygen atoms in total. The van der Waals surface area contributed by atoms with Gasteiger partial charge in [-0.1, -0.05) is 30.4 Å². The Balaban J connectivity index is 1.55. The second-order valence-electron chi connectivity index (χ2n) is 10.6. The van der Waals surface area contributed by atoms with Crippen molar-refractivity contribution < 1.29 is 19.2 Å². The molecular weight excluding hydrogens is 452 g/mol. The van der Waals surface area contributed by atoms with Gasteiger partial charge in [0.1, 0.15) is 0 Å². The van der Waals surface area contributed by atoms with Crippen LogP contribution in [0.1, 0.15) is 49.5 Å². The van der Waals surface area contributed by atoms with Gasteiger partial charge in [-0.25, -0.2) is 0 Å². The van der Waals surface area contributed by atoms with Crippen molar-refractivity contribution in [1.29, 1.82) is 0 Å². The maximum Gasteiger partial charge on any atom is 0.261 e. The van der Waals surface area contributed by atoms with Crippen LogP contribution in [0.5, 0.6) is 0 Å². The number of carbonyl (C=O) groups excluding carboxylic acids is 4. The molecule has 7 rings (SSSR count). The van der Waals surface area contributed by atoms with Crippen molar-refractivity contribution >= 4 is 34.8 Å². The van der Waals surface area contributed by atoms with Gasteiger partial charge in [-0.05, 0) is 84.2 Å². The third kappa shape index (κ3) is 2.32. The van der Waals surface area contributed by atoms with E-state index in [9.17, 15) is 19.2 Å². The summed E-state index contributed by atoms with van der Waals surface area (Å²) in [5.41, 5.74) is 6.16. The Labute approximate surface area is 207 Å². The lowest BCUT2D eigenvalue weighted by molar-refractivity contribution is -0.142. The van der Waals surface area contributed by atoms with E-state index in [4.69, 9.17) is 0 Å². The smallest absolute Gasteiger partial charge is 0.261 e. The molecule has 0 saturated carbocycles. The largest absolute Gasteiger partial charge is 0.275 e. The third-order valence-electron chi connectivity index (χ3n) is 8.14. The van der Waals surface area contributed by atoms with Crippen LogP contribution in [0.2, 0.25) is 0 Å². The molecule has 36 heavy (non-hydrogen) atoms. The molecule has 178 valence electrons. The summed E-state index contributed by atoms with van der Waals surface area (Å²) in [6.45, 7) is 7.40. The zero-order chi connectivity index (χ0) is 25.2. The number of carbonyl (C=O) groups is 4. The molecule has 0 saturated heterocycles. The maximum atomic E-state index is 13.4. The Hall–Kier alpha value is -4.06. The first kappa shape index (κ1) is 21.2. The molecule has 4 amide bonds. The van der Waals surface area contributed by atoms with Crippen LogP contribution in [0.25, 0.3) is 11.1 Å². The summed E-state index contributed by atoms with van der Waals surface area (Å²) in [6.07, 6.45) is 11.5. The number of fused-ring (bicyclic) bond motifs is 1. The number of allylic oxidation sites excluding steroid dienone is 5. The van der Waals surface area contributed by atoms with E-state index in [1.165, 1.54) is 9.80 Å². The molecule has 0 bridgehead atoms. The van der Waals surface area contributed by atoms with Crippen LogP contribution < -0.4 is 10.4 Å². The zero-order valence-electron chi connectivity index (χ0n) is 20.5. The summed E-state index contributed by atoms with van der Waals surface area (Å²) in [5.74, 6) is -1.72. The van der Waals surface area contributed by atoms with Gasteiger partial charge in [-0.3, -0.25) is 29.0 Å². The van der Waals surface area contributed by atoms with E-state index >= 15 is 0 Å². The van der Waals surface area contributed by atoms with Crippen molar-refractivity contribution in [3.8, 4) is 0 Å². The van der Waals surface area contributed by atoms with Gasteiger partial charge < -0.3 is 0 Å². The van der Waals surface area contributed by atoms with E-state index in [-0.39, 0.29) is 41.6 Å². The summed E-state index contributed by atoms with van der Waals surface area (Å²) in [4.78, 5) is 56.1. The van der Waals surface area contributed by atoms with Crippen LogP contribution in [0.4, 0.5) is 0 Å². The van der Waals surface area contributed by atoms with Crippen LogP contribution in [0, 0.1) is 5.92 Å². The van der Waals surface area contributed by atoms with Gasteiger partial charge >= 0.3 is 0 Å². The molecule has 0 spiro atoms. The Bertz CT molecular complexity index is 1680. The molecule has 1 aromatic rings. The van der Waals surface area contributed by atoms with E-state index in [2.05, 4.69) is 0 Å². The fourth-order valence-corrected chi connectivity index (χ4v) is 6.68. The summed E-state index contributed by atoms with van der Waals surface area (Å²) >= 11 is 0. The molecule has 2 unspecified atom stereocenters. The minimum atomic E-state index is -0.508. The number of imide groups is 2. The molecule has 2 aliphatic heterocycles. The minimum absolute atomic E-state index is 0.195. The number of benzene rings is 1. The second-order valence-corrected chi connectivity index (χ2v) is 10.6. The highest BCUT2D eigenvalue weighted by atomic mass is 16.2. The van der Waals surface area contributed by atoms with Gasteiger partial charge in [-0.2, -0.15) is 0 Å². The Kier molecular flexibility index (Phi) is 4.00. The van der Waals surface area contributed by atoms with E-state index < -0.39 is 5.92 Å². The van der Waals surface area contributed by atoms with Gasteiger partial charge in [0.2, 0.25) is 5.91 Å². The molecular formula is C30H24N2O4. The average Bonchev–Trinajstić information content (AvgIpc) is 2.84. The molecule has 1 aromatic carbocycles. The SMILES string of the molecule is CC(C)N1C(=O)C2=CC=C3C4=c5c6c(ccc5=C5C=CC(=C2C35)C1=O)C(=O)N(C(C)C)C(=O)C6C=C4. The summed E-state index contributed by atoms with van der Waals surface area (Å²) in [6, 6.07) is 3.33. The van der Waals surface area contributed by atoms with Gasteiger partial charge in [0.05, 0.1) is 5.92 Å². The quantitative estimate of drug-likeness (QED) is 0.614. The Morgan fingerprint density at radius 1 is 0.778 bits per heavy atom. The lowest BCUT2D eigenvalue weighted by atomic mass is 9.64. The average molecular weight is 477 g/mol. The van der Waals surface area contributed by atoms with Crippen LogP contribution in [0.15, 0.2) is 70.9 Å². The first-order valence-electron chi connectivity index (χ1n) is 12.4. The minimum Gasteiger partial charge on any atom is -0.275 e. The highest BCUT2D eigenvalue weighted by Crippen LogP contribution is 2.49. The van der Waals surface area contributed by atoms with Gasteiger partial charge in [0.25, 0.3) is 17.7 Å². The fourth-order valence-electron chi connectivity index (χ4n) is 6.68. The summed E-state index contributed by atoms with van der Waals surface area (Å²) < 4.78 is 0. The lowest BCUT2D eigenvalue weighted by Crippen LogP contribution is -2.54. The number of nitrogens with zero attached hydrogens (tertiary/aromatic N) is 2. The third-order valence-corrected chi connectivity index (χ3v) is 8.14. The lowest BCUT2D eigenvalue weighted by Gasteiger charge is -2.42. The van der Waals surface area contributed by atoms with E-state index in [1.54, 1.807) is 0 Å². The fraction of sp³-hybridized carbons (Fsp3) is 0.267. The molecule has 0 aromatic heterocycles. The van der Waals surface area contributed by atoms with Crippen LogP contribution in [-0.4, -0.2) is 45.5 Å². The number of rotatable bonds is 2. The van der Waals surface area contributed by atoms with Crippen LogP contribution in [-0.2, 0) is 14.4 Å². The van der Waals surface area contributed by atoms with Gasteiger partial charge in [0.15, 0.2) is 0 Å². The van der Waals surface area contributed by atoms with Gasteiger partial charge in [0, 0.05) is 34.7 Å². The van der Waals surface area contributed by atoms with Crippen LogP contribution in [0.3, 0.4) is 0 Å². The Morgan fingerprint density at radius 3 is 2.25 bits per heavy atom. The van der Waals surface area contributed by atoms with E-state index in [0.717, 1.165) is 38.3 Å². The predicted molar refractivity (Wildman–Crippen MR) is 134 cm³/mol. The maximum absolute atomic E-state index is 13.4. The molecule has 6 aliphatic rings. The first-order valence-corrected chi connectivity index (χ1v) is 12.4. The highest BCUT2D eigenvalue weighted by molar-refractivity contribution is 6.20. The molecule has 6 heteroatoms. The van der Waals surface area contributed by atoms with E-state index in [0.29, 0.717) is 16.7 Å². The molecule has 4 aliphatic carbocycles. The monoisotopic (exact) mass is 476 g/mol. The van der Waals surface area contributed by atoms with Crippen molar-refractivity contribution in [3.05, 3.63) is 92.4 Å². The van der Waals surface area contributed by atoms with Crippen molar-refractivity contribution in [2.45, 2.75) is 45.7 Å². The van der Waals surface area contributed by atoms with Crippen molar-refractivity contribution in [2.24, 2.45) is 5.92 Å². The summed E-state index contributed by atoms with van der Waals surface area (Å²) in [7, 11) is 0. The standard InChI is InChI=1S/C30H24N2O4/c1-13(2)31-27(33)19-9-5-15-17-7-11-21-26-22(30(36)32(14(3)4)29(21)35)12-8-18(24(17)26)16-6-10-20(28(31)34)25(19)23(15)16/h5-14,19,24H,1-4H3. The van der Waals surface area contributed by atoms with Gasteiger partial charge in [-0.15, -0.1) is 0 Å². The normalized spacial score (nSPS) is 25.2. The zero-order valence-corrected chi connectivity index (χ0v) is 20.5. The molecule has 2 heterocycles. The molecule has 2 atom stereocenters. The number of amides is 4. The number of hydrogen-bond donors (Lipinski definition) is 0. The van der Waals surface area contributed by atoms with Crippen molar-refractivity contribution in [2.75, 3.05) is 0 Å². The molecule has 0 fully saturated rings. The molecule has 0 N–H and O–H groups in total. The van der Waals surface area contributed by atoms with Crippen molar-refractivity contribution in [1.82, 2.24) is 9.80 Å². The highest BCUT2D eigenvalue weighted by Gasteiger charge is 2.47. The Morgan fingerprint density at radius 2 is 1.53 bits per heavy atom. The number of hydrogen-bond acceptors (Lipinski definition) is 4.